The van der Waals surface area contributed by atoms with E-state index in [2.05, 4.69) is 25.3 Å². The molecule has 1 fully saturated rings. The monoisotopic (exact) mass is 150 g/mol. The minimum Gasteiger partial charge on any atom is -0.354 e. The molecular weight excluding hydrogens is 140 g/mol. The molecule has 0 radical (unpaired) electrons. The van der Waals surface area contributed by atoms with Crippen LogP contribution < -0.4 is 0 Å². The highest BCUT2D eigenvalue weighted by Gasteiger charge is 2.15. The zero-order valence-corrected chi connectivity index (χ0v) is 6.37. The van der Waals surface area contributed by atoms with Crippen LogP contribution in [0.15, 0.2) is 0 Å². The van der Waals surface area contributed by atoms with E-state index in [0.717, 1.165) is 12.8 Å². The Hall–Kier alpha value is 0.660. The van der Waals surface area contributed by atoms with E-state index in [-0.39, 0.29) is 10.9 Å². The normalized spacial score (nSPS) is 39.8. The summed E-state index contributed by atoms with van der Waals surface area (Å²) < 4.78 is 5.21. The van der Waals surface area contributed by atoms with Crippen LogP contribution in [0, 0.1) is 0 Å². The van der Waals surface area contributed by atoms with E-state index in [1.165, 1.54) is 6.42 Å². The smallest absolute Gasteiger partial charge is 0.101 e. The molecule has 1 saturated heterocycles. The summed E-state index contributed by atoms with van der Waals surface area (Å²) in [5, 5.41) is 0. The Balaban J connectivity index is 2.23. The molecule has 0 amide bonds. The number of hydrogen-bond acceptors (Lipinski definition) is 3. The largest absolute Gasteiger partial charge is 0.354 e. The Morgan fingerprint density at radius 3 is 1.88 bits per heavy atom. The van der Waals surface area contributed by atoms with Crippen LogP contribution in [0.1, 0.15) is 19.3 Å². The maximum atomic E-state index is 5.21. The molecule has 0 saturated carbocycles. The molecule has 0 aromatic rings. The van der Waals surface area contributed by atoms with Crippen molar-refractivity contribution >= 4 is 25.3 Å². The third-order valence-electron chi connectivity index (χ3n) is 1.22. The topological polar surface area (TPSA) is 9.23 Å². The quantitative estimate of drug-likeness (QED) is 0.500. The van der Waals surface area contributed by atoms with Gasteiger partial charge in [0.1, 0.15) is 10.9 Å². The van der Waals surface area contributed by atoms with Gasteiger partial charge in [0.15, 0.2) is 0 Å². The Morgan fingerprint density at radius 2 is 1.62 bits per heavy atom. The van der Waals surface area contributed by atoms with E-state index in [9.17, 15) is 0 Å². The van der Waals surface area contributed by atoms with Crippen LogP contribution in [0.25, 0.3) is 0 Å². The SMILES string of the molecule is SC1CCCC(S)O1. The third-order valence-corrected chi connectivity index (χ3v) is 1.98. The molecule has 1 heterocycles. The first-order valence-corrected chi connectivity index (χ1v) is 3.84. The van der Waals surface area contributed by atoms with E-state index in [4.69, 9.17) is 4.74 Å². The highest BCUT2D eigenvalue weighted by molar-refractivity contribution is 7.81. The molecule has 0 bridgehead atoms. The van der Waals surface area contributed by atoms with Crippen molar-refractivity contribution < 1.29 is 4.74 Å². The fourth-order valence-electron chi connectivity index (χ4n) is 0.784. The van der Waals surface area contributed by atoms with Crippen molar-refractivity contribution in [3.8, 4) is 0 Å². The molecule has 2 atom stereocenters. The van der Waals surface area contributed by atoms with Crippen molar-refractivity contribution in [2.45, 2.75) is 30.1 Å². The summed E-state index contributed by atoms with van der Waals surface area (Å²) in [7, 11) is 0. The number of rotatable bonds is 0. The van der Waals surface area contributed by atoms with Crippen LogP contribution in [-0.4, -0.2) is 10.9 Å². The van der Waals surface area contributed by atoms with Gasteiger partial charge in [-0.2, -0.15) is 0 Å². The number of ether oxygens (including phenoxy) is 1. The van der Waals surface area contributed by atoms with Crippen LogP contribution >= 0.6 is 25.3 Å². The van der Waals surface area contributed by atoms with Gasteiger partial charge in [-0.3, -0.25) is 0 Å². The third kappa shape index (κ3) is 1.88. The molecular formula is C5H10OS2. The van der Waals surface area contributed by atoms with Crippen molar-refractivity contribution in [2.75, 3.05) is 0 Å². The first-order valence-electron chi connectivity index (χ1n) is 2.80. The second kappa shape index (κ2) is 2.99. The molecule has 2 unspecified atom stereocenters. The van der Waals surface area contributed by atoms with Gasteiger partial charge < -0.3 is 4.74 Å². The lowest BCUT2D eigenvalue weighted by Crippen LogP contribution is -2.18. The van der Waals surface area contributed by atoms with Crippen LogP contribution in [-0.2, 0) is 4.74 Å². The average molecular weight is 150 g/mol. The highest BCUT2D eigenvalue weighted by atomic mass is 32.1. The van der Waals surface area contributed by atoms with E-state index >= 15 is 0 Å². The second-order valence-electron chi connectivity index (χ2n) is 1.98. The molecule has 0 aliphatic carbocycles. The van der Waals surface area contributed by atoms with E-state index in [1.807, 2.05) is 0 Å². The summed E-state index contributed by atoms with van der Waals surface area (Å²) in [6, 6.07) is 0. The fraction of sp³-hybridized carbons (Fsp3) is 1.00. The van der Waals surface area contributed by atoms with Gasteiger partial charge in [-0.25, -0.2) is 0 Å². The molecule has 1 aliphatic rings. The van der Waals surface area contributed by atoms with Crippen molar-refractivity contribution in [3.63, 3.8) is 0 Å². The van der Waals surface area contributed by atoms with E-state index in [1.54, 1.807) is 0 Å². The van der Waals surface area contributed by atoms with Gasteiger partial charge in [0.2, 0.25) is 0 Å². The molecule has 0 spiro atoms. The minimum atomic E-state index is 0.131. The second-order valence-corrected chi connectivity index (χ2v) is 3.13. The van der Waals surface area contributed by atoms with Crippen LogP contribution in [0.4, 0.5) is 0 Å². The molecule has 1 aliphatic heterocycles. The van der Waals surface area contributed by atoms with Crippen LogP contribution in [0.3, 0.4) is 0 Å². The molecule has 1 nitrogen and oxygen atoms in total. The minimum absolute atomic E-state index is 0.131. The van der Waals surface area contributed by atoms with Gasteiger partial charge in [0.25, 0.3) is 0 Å². The summed E-state index contributed by atoms with van der Waals surface area (Å²) in [5.74, 6) is 0. The van der Waals surface area contributed by atoms with Crippen LogP contribution in [0.2, 0.25) is 0 Å². The standard InChI is InChI=1S/C5H10OS2/c7-4-2-1-3-5(8)6-4/h4-5,7-8H,1-3H2. The lowest BCUT2D eigenvalue weighted by Gasteiger charge is -2.22. The Kier molecular flexibility index (Phi) is 2.53. The Morgan fingerprint density at radius 1 is 1.12 bits per heavy atom. The summed E-state index contributed by atoms with van der Waals surface area (Å²) in [6.07, 6.45) is 3.34. The first kappa shape index (κ1) is 6.78. The molecule has 48 valence electrons. The zero-order chi connectivity index (χ0) is 5.98. The van der Waals surface area contributed by atoms with Crippen molar-refractivity contribution in [2.24, 2.45) is 0 Å². The zero-order valence-electron chi connectivity index (χ0n) is 4.58. The number of thiol groups is 2. The van der Waals surface area contributed by atoms with E-state index < -0.39 is 0 Å². The molecule has 0 aromatic carbocycles. The molecule has 0 aromatic heterocycles. The van der Waals surface area contributed by atoms with Crippen molar-refractivity contribution in [1.82, 2.24) is 0 Å². The summed E-state index contributed by atoms with van der Waals surface area (Å²) in [5.41, 5.74) is 0.262. The van der Waals surface area contributed by atoms with Crippen LogP contribution in [0.5, 0.6) is 0 Å². The Labute approximate surface area is 60.6 Å². The lowest BCUT2D eigenvalue weighted by atomic mass is 10.2. The first-order chi connectivity index (χ1) is 3.79. The maximum Gasteiger partial charge on any atom is 0.101 e. The fourth-order valence-corrected chi connectivity index (χ4v) is 1.54. The van der Waals surface area contributed by atoms with Crippen molar-refractivity contribution in [1.29, 1.82) is 0 Å². The highest BCUT2D eigenvalue weighted by Crippen LogP contribution is 2.22. The maximum absolute atomic E-state index is 5.21. The molecule has 1 rings (SSSR count). The predicted molar refractivity (Wildman–Crippen MR) is 40.5 cm³/mol. The van der Waals surface area contributed by atoms with Gasteiger partial charge in [0.05, 0.1) is 0 Å². The van der Waals surface area contributed by atoms with Gasteiger partial charge in [-0.1, -0.05) is 0 Å². The van der Waals surface area contributed by atoms with E-state index in [0.29, 0.717) is 0 Å². The van der Waals surface area contributed by atoms with Gasteiger partial charge in [0, 0.05) is 0 Å². The van der Waals surface area contributed by atoms with Gasteiger partial charge in [-0.15, -0.1) is 25.3 Å². The average Bonchev–Trinajstić information content (AvgIpc) is 1.64. The molecule has 8 heavy (non-hydrogen) atoms. The Bertz CT molecular complexity index is 68.8. The molecule has 3 heteroatoms. The lowest BCUT2D eigenvalue weighted by molar-refractivity contribution is 0.0525. The van der Waals surface area contributed by atoms with Crippen molar-refractivity contribution in [3.05, 3.63) is 0 Å². The summed E-state index contributed by atoms with van der Waals surface area (Å²) in [4.78, 5) is 0. The molecule has 0 N–H and O–H groups in total. The predicted octanol–water partition coefficient (Wildman–Crippen LogP) is 1.70. The number of hydrogen-bond donors (Lipinski definition) is 2. The van der Waals surface area contributed by atoms with Gasteiger partial charge in [-0.05, 0) is 19.3 Å². The summed E-state index contributed by atoms with van der Waals surface area (Å²) >= 11 is 8.30. The van der Waals surface area contributed by atoms with Gasteiger partial charge >= 0.3 is 0 Å². The summed E-state index contributed by atoms with van der Waals surface area (Å²) in [6.45, 7) is 0.